The zero-order valence-electron chi connectivity index (χ0n) is 32.9. The number of fused-ring (bicyclic) bond motifs is 10. The molecule has 0 saturated heterocycles. The number of benzene rings is 7. The van der Waals surface area contributed by atoms with E-state index in [2.05, 4.69) is 82.0 Å². The van der Waals surface area contributed by atoms with Crippen molar-refractivity contribution < 1.29 is 9.59 Å². The number of anilines is 1. The Kier molecular flexibility index (Phi) is 6.84. The molecule has 0 saturated carbocycles. The molecule has 2 amide bonds. The van der Waals surface area contributed by atoms with E-state index in [1.807, 2.05) is 103 Å². The van der Waals surface area contributed by atoms with Crippen molar-refractivity contribution in [3.05, 3.63) is 162 Å². The first kappa shape index (κ1) is 33.6. The first-order valence-corrected chi connectivity index (χ1v) is 20.2. The molecule has 11 aromatic rings. The molecule has 4 aromatic heterocycles. The maximum atomic E-state index is 15.3. The summed E-state index contributed by atoms with van der Waals surface area (Å²) in [7, 11) is 0. The van der Waals surface area contributed by atoms with Crippen LogP contribution >= 0.6 is 0 Å². The molecule has 59 heavy (non-hydrogen) atoms. The molecular weight excluding hydrogens is 731 g/mol. The number of aromatic nitrogens is 6. The van der Waals surface area contributed by atoms with Gasteiger partial charge >= 0.3 is 0 Å². The van der Waals surface area contributed by atoms with E-state index >= 15 is 9.59 Å². The van der Waals surface area contributed by atoms with E-state index in [0.29, 0.717) is 22.2 Å². The van der Waals surface area contributed by atoms with E-state index in [9.17, 15) is 0 Å². The van der Waals surface area contributed by atoms with Crippen LogP contribution < -0.4 is 4.90 Å². The number of hydrogen-bond acceptors (Lipinski definition) is 4. The first-order chi connectivity index (χ1) is 28.8. The molecule has 0 N–H and O–H groups in total. The van der Waals surface area contributed by atoms with Crippen LogP contribution in [-0.2, 0) is 0 Å². The minimum Gasteiger partial charge on any atom is -0.277 e. The molecule has 0 bridgehead atoms. The van der Waals surface area contributed by atoms with E-state index in [4.69, 9.17) is 9.97 Å². The summed E-state index contributed by atoms with van der Waals surface area (Å²) in [5, 5.41) is 1.37. The van der Waals surface area contributed by atoms with Gasteiger partial charge < -0.3 is 0 Å². The van der Waals surface area contributed by atoms with E-state index in [-0.39, 0.29) is 23.7 Å². The Morgan fingerprint density at radius 1 is 0.424 bits per heavy atom. The number of carbonyl (C=O) groups is 2. The van der Waals surface area contributed by atoms with Crippen LogP contribution in [0.25, 0.3) is 77.8 Å². The summed E-state index contributed by atoms with van der Waals surface area (Å²) < 4.78 is 8.75. The van der Waals surface area contributed by atoms with Gasteiger partial charge in [-0.3, -0.25) is 27.5 Å². The average molecular weight is 768 g/mol. The normalized spacial score (nSPS) is 13.4. The number of carbonyl (C=O) groups excluding carboxylic acids is 2. The quantitative estimate of drug-likeness (QED) is 0.163. The van der Waals surface area contributed by atoms with Crippen molar-refractivity contribution in [3.63, 3.8) is 0 Å². The molecule has 284 valence electrons. The molecule has 1 aliphatic heterocycles. The number of hydrogen-bond donors (Lipinski definition) is 0. The highest BCUT2D eigenvalue weighted by molar-refractivity contribution is 6.37. The fraction of sp³-hybridized carbons (Fsp3) is 0.120. The van der Waals surface area contributed by atoms with Gasteiger partial charge in [-0.2, -0.15) is 0 Å². The predicted octanol–water partition coefficient (Wildman–Crippen LogP) is 11.4. The summed E-state index contributed by atoms with van der Waals surface area (Å²) in [6.45, 7) is 8.43. The van der Waals surface area contributed by atoms with E-state index in [1.165, 1.54) is 4.90 Å². The average Bonchev–Trinajstić information content (AvgIpc) is 3.99. The van der Waals surface area contributed by atoms with Crippen LogP contribution in [0.3, 0.4) is 0 Å². The third-order valence-corrected chi connectivity index (χ3v) is 12.2. The van der Waals surface area contributed by atoms with Crippen LogP contribution in [0.4, 0.5) is 5.69 Å². The highest BCUT2D eigenvalue weighted by Gasteiger charge is 2.39. The van der Waals surface area contributed by atoms with Gasteiger partial charge in [0.2, 0.25) is 11.6 Å². The summed E-state index contributed by atoms with van der Waals surface area (Å²) in [4.78, 5) is 42.5. The highest BCUT2D eigenvalue weighted by Crippen LogP contribution is 2.45. The largest absolute Gasteiger partial charge is 0.277 e. The molecule has 9 heteroatoms. The van der Waals surface area contributed by atoms with Crippen molar-refractivity contribution in [1.29, 1.82) is 0 Å². The Hall–Kier alpha value is -7.52. The van der Waals surface area contributed by atoms with Gasteiger partial charge in [-0.25, -0.2) is 14.9 Å². The first-order valence-electron chi connectivity index (χ1n) is 20.2. The van der Waals surface area contributed by atoms with Gasteiger partial charge in [0.25, 0.3) is 11.8 Å². The van der Waals surface area contributed by atoms with Gasteiger partial charge in [-0.05, 0) is 95.8 Å². The standard InChI is InChI=1S/C50H37N7O2/c1-28(2)30-14-13-15-31(29(3)4)46(30)57-47(58)32-24-26-42(55-40-22-11-9-20-38(40)53-36-18-7-5-16-34(36)51-49(53)55)45-43(27-25-33(44(32)45)48(57)59)56-41-23-12-10-21-39(41)54-37-19-8-6-17-35(37)52-50(54)56/h5-29H,1-4H3. The van der Waals surface area contributed by atoms with Gasteiger partial charge in [0.1, 0.15) is 0 Å². The molecular formula is C50H37N7O2. The molecule has 0 radical (unpaired) electrons. The highest BCUT2D eigenvalue weighted by atomic mass is 16.2. The summed E-state index contributed by atoms with van der Waals surface area (Å²) in [6.07, 6.45) is 0. The number of imide groups is 1. The molecule has 0 unspecified atom stereocenters. The maximum absolute atomic E-state index is 15.3. The molecule has 5 heterocycles. The van der Waals surface area contributed by atoms with Crippen LogP contribution in [0, 0.1) is 0 Å². The lowest BCUT2D eigenvalue weighted by Crippen LogP contribution is -2.42. The lowest BCUT2D eigenvalue weighted by molar-refractivity contribution is 0.0893. The van der Waals surface area contributed by atoms with Gasteiger partial charge in [0.05, 0.1) is 61.2 Å². The Morgan fingerprint density at radius 3 is 1.27 bits per heavy atom. The SMILES string of the molecule is CC(C)c1cccc(C(C)C)c1N1C(=O)c2ccc(-n3c4ccccc4n4c5ccccc5nc34)c3c(-n4c5ccccc5n5c6ccccc6nc45)ccc(c23)C1=O. The second-order valence-corrected chi connectivity index (χ2v) is 16.2. The molecule has 1 aliphatic rings. The van der Waals surface area contributed by atoms with Crippen molar-refractivity contribution in [3.8, 4) is 11.4 Å². The lowest BCUT2D eigenvalue weighted by atomic mass is 9.87. The summed E-state index contributed by atoms with van der Waals surface area (Å²) in [5.74, 6) is 0.953. The Labute approximate surface area is 338 Å². The fourth-order valence-electron chi connectivity index (χ4n) is 9.67. The van der Waals surface area contributed by atoms with Gasteiger partial charge in [0, 0.05) is 21.9 Å². The summed E-state index contributed by atoms with van der Waals surface area (Å²) in [6, 6.07) is 46.9. The number of amides is 2. The summed E-state index contributed by atoms with van der Waals surface area (Å²) in [5.41, 5.74) is 12.8. The lowest BCUT2D eigenvalue weighted by Gasteiger charge is -2.33. The van der Waals surface area contributed by atoms with Crippen LogP contribution in [0.5, 0.6) is 0 Å². The number of rotatable bonds is 5. The molecule has 0 atom stereocenters. The fourth-order valence-corrected chi connectivity index (χ4v) is 9.67. The number of nitrogens with zero attached hydrogens (tertiary/aromatic N) is 7. The Morgan fingerprint density at radius 2 is 0.831 bits per heavy atom. The van der Waals surface area contributed by atoms with Crippen LogP contribution in [0.2, 0.25) is 0 Å². The van der Waals surface area contributed by atoms with Crippen molar-refractivity contribution in [1.82, 2.24) is 27.9 Å². The second-order valence-electron chi connectivity index (χ2n) is 16.2. The molecule has 7 aromatic carbocycles. The van der Waals surface area contributed by atoms with Crippen LogP contribution in [0.1, 0.15) is 71.4 Å². The van der Waals surface area contributed by atoms with Crippen molar-refractivity contribution in [2.75, 3.05) is 4.90 Å². The minimum atomic E-state index is -0.339. The van der Waals surface area contributed by atoms with Crippen molar-refractivity contribution in [2.45, 2.75) is 39.5 Å². The topological polar surface area (TPSA) is 81.8 Å². The molecule has 9 nitrogen and oxygen atoms in total. The summed E-state index contributed by atoms with van der Waals surface area (Å²) >= 11 is 0. The van der Waals surface area contributed by atoms with E-state index < -0.39 is 0 Å². The van der Waals surface area contributed by atoms with Gasteiger partial charge in [-0.15, -0.1) is 0 Å². The molecule has 0 fully saturated rings. The maximum Gasteiger partial charge on any atom is 0.266 e. The minimum absolute atomic E-state index is 0.0828. The van der Waals surface area contributed by atoms with Gasteiger partial charge in [-0.1, -0.05) is 94.4 Å². The van der Waals surface area contributed by atoms with E-state index in [0.717, 1.165) is 83.6 Å². The van der Waals surface area contributed by atoms with E-state index in [1.54, 1.807) is 0 Å². The Balaban J connectivity index is 1.25. The number of imidazole rings is 4. The zero-order chi connectivity index (χ0) is 39.8. The van der Waals surface area contributed by atoms with Crippen molar-refractivity contribution >= 4 is 84.0 Å². The molecule has 0 aliphatic carbocycles. The monoisotopic (exact) mass is 767 g/mol. The van der Waals surface area contributed by atoms with Crippen molar-refractivity contribution in [2.24, 2.45) is 0 Å². The third kappa shape index (κ3) is 4.39. The Bertz CT molecular complexity index is 3400. The zero-order valence-corrected chi connectivity index (χ0v) is 32.9. The second kappa shape index (κ2) is 12.0. The number of para-hydroxylation sites is 9. The third-order valence-electron chi connectivity index (χ3n) is 12.2. The molecule has 0 spiro atoms. The smallest absolute Gasteiger partial charge is 0.266 e. The van der Waals surface area contributed by atoms with Gasteiger partial charge in [0.15, 0.2) is 0 Å². The predicted molar refractivity (Wildman–Crippen MR) is 236 cm³/mol. The van der Waals surface area contributed by atoms with Crippen LogP contribution in [0.15, 0.2) is 140 Å². The molecule has 12 rings (SSSR count). The van der Waals surface area contributed by atoms with Crippen LogP contribution in [-0.4, -0.2) is 39.7 Å².